The normalized spacial score (nSPS) is 15.4. The van der Waals surface area contributed by atoms with Crippen molar-refractivity contribution in [3.8, 4) is 0 Å². The van der Waals surface area contributed by atoms with Crippen LogP contribution in [0.2, 0.25) is 0 Å². The van der Waals surface area contributed by atoms with Crippen LogP contribution in [0.15, 0.2) is 20.8 Å². The van der Waals surface area contributed by atoms with E-state index in [0.717, 1.165) is 36.5 Å². The molecule has 0 saturated heterocycles. The molecule has 1 aliphatic heterocycles. The summed E-state index contributed by atoms with van der Waals surface area (Å²) >= 11 is 3.07. The van der Waals surface area contributed by atoms with E-state index in [2.05, 4.69) is 25.2 Å². The zero-order valence-electron chi connectivity index (χ0n) is 10.5. The van der Waals surface area contributed by atoms with Gasteiger partial charge in [0.2, 0.25) is 0 Å². The van der Waals surface area contributed by atoms with Crippen LogP contribution in [0.3, 0.4) is 0 Å². The van der Waals surface area contributed by atoms with Gasteiger partial charge in [0.1, 0.15) is 0 Å². The molecule has 0 spiro atoms. The maximum Gasteiger partial charge on any atom is 0.256 e. The summed E-state index contributed by atoms with van der Waals surface area (Å²) in [4.78, 5) is 25.9. The molecule has 1 aliphatic rings. The van der Waals surface area contributed by atoms with Gasteiger partial charge in [-0.3, -0.25) is 9.69 Å². The molecule has 0 aliphatic carbocycles. The summed E-state index contributed by atoms with van der Waals surface area (Å²) in [6.07, 6.45) is 2.75. The van der Waals surface area contributed by atoms with Gasteiger partial charge in [-0.25, -0.2) is 9.97 Å². The summed E-state index contributed by atoms with van der Waals surface area (Å²) in [6, 6.07) is 0. The van der Waals surface area contributed by atoms with Crippen molar-refractivity contribution in [3.05, 3.63) is 38.2 Å². The van der Waals surface area contributed by atoms with Crippen molar-refractivity contribution in [1.29, 1.82) is 0 Å². The van der Waals surface area contributed by atoms with Gasteiger partial charge < -0.3 is 4.98 Å². The Kier molecular flexibility index (Phi) is 3.67. The number of hydrogen-bond acceptors (Lipinski definition) is 6. The van der Waals surface area contributed by atoms with E-state index in [1.165, 1.54) is 11.8 Å². The quantitative estimate of drug-likeness (QED) is 0.687. The molecule has 7 heteroatoms. The van der Waals surface area contributed by atoms with Crippen molar-refractivity contribution in [2.75, 3.05) is 12.8 Å². The third kappa shape index (κ3) is 2.72. The average Bonchev–Trinajstić information content (AvgIpc) is 2.92. The Bertz CT molecular complexity index is 623. The number of aromatic nitrogens is 3. The van der Waals surface area contributed by atoms with E-state index in [-0.39, 0.29) is 5.56 Å². The number of thioether (sulfide) groups is 1. The first kappa shape index (κ1) is 12.8. The molecule has 3 rings (SSSR count). The fourth-order valence-corrected chi connectivity index (χ4v) is 3.18. The van der Waals surface area contributed by atoms with Gasteiger partial charge in [-0.1, -0.05) is 11.8 Å². The smallest absolute Gasteiger partial charge is 0.256 e. The lowest BCUT2D eigenvalue weighted by Crippen LogP contribution is -2.35. The van der Waals surface area contributed by atoms with E-state index < -0.39 is 0 Å². The molecule has 0 atom stereocenters. The van der Waals surface area contributed by atoms with E-state index in [1.54, 1.807) is 11.3 Å². The van der Waals surface area contributed by atoms with Gasteiger partial charge in [-0.2, -0.15) is 0 Å². The Morgan fingerprint density at radius 1 is 1.58 bits per heavy atom. The molecule has 0 fully saturated rings. The Morgan fingerprint density at radius 2 is 2.47 bits per heavy atom. The molecule has 0 unspecified atom stereocenters. The van der Waals surface area contributed by atoms with Crippen molar-refractivity contribution >= 4 is 23.1 Å². The fourth-order valence-electron chi connectivity index (χ4n) is 2.23. The van der Waals surface area contributed by atoms with Crippen LogP contribution in [-0.4, -0.2) is 32.7 Å². The standard InChI is InChI=1S/C12H14N4OS2/c1-18-12-14-10-2-3-16(4-8-6-19-7-13-8)5-9(10)11(17)15-12/h6-7H,2-5H2,1H3,(H,14,15,17). The molecular weight excluding hydrogens is 280 g/mol. The van der Waals surface area contributed by atoms with Gasteiger partial charge in [-0.05, 0) is 6.26 Å². The number of aromatic amines is 1. The maximum atomic E-state index is 12.0. The SMILES string of the molecule is CSc1nc2c(c(=O)[nH]1)CN(Cc1cscn1)CC2. The number of nitrogens with zero attached hydrogens (tertiary/aromatic N) is 3. The monoisotopic (exact) mass is 294 g/mol. The predicted octanol–water partition coefficient (Wildman–Crippen LogP) is 1.51. The number of hydrogen-bond donors (Lipinski definition) is 1. The molecule has 0 aromatic carbocycles. The van der Waals surface area contributed by atoms with Gasteiger partial charge >= 0.3 is 0 Å². The van der Waals surface area contributed by atoms with Crippen LogP contribution < -0.4 is 5.56 Å². The van der Waals surface area contributed by atoms with Gasteiger partial charge in [0.15, 0.2) is 5.16 Å². The second kappa shape index (κ2) is 5.44. The van der Waals surface area contributed by atoms with Gasteiger partial charge in [-0.15, -0.1) is 11.3 Å². The summed E-state index contributed by atoms with van der Waals surface area (Å²) in [5.74, 6) is 0. The van der Waals surface area contributed by atoms with Crippen LogP contribution >= 0.6 is 23.1 Å². The predicted molar refractivity (Wildman–Crippen MR) is 76.6 cm³/mol. The maximum absolute atomic E-state index is 12.0. The molecular formula is C12H14N4OS2. The van der Waals surface area contributed by atoms with Crippen LogP contribution in [0, 0.1) is 0 Å². The van der Waals surface area contributed by atoms with Crippen molar-refractivity contribution in [1.82, 2.24) is 19.9 Å². The molecule has 2 aromatic rings. The van der Waals surface area contributed by atoms with Gasteiger partial charge in [0.05, 0.1) is 22.5 Å². The minimum Gasteiger partial charge on any atom is -0.301 e. The summed E-state index contributed by atoms with van der Waals surface area (Å²) < 4.78 is 0. The van der Waals surface area contributed by atoms with E-state index in [4.69, 9.17) is 0 Å². The van der Waals surface area contributed by atoms with Crippen LogP contribution in [0.5, 0.6) is 0 Å². The first-order chi connectivity index (χ1) is 9.26. The van der Waals surface area contributed by atoms with E-state index in [0.29, 0.717) is 11.7 Å². The zero-order chi connectivity index (χ0) is 13.2. The van der Waals surface area contributed by atoms with Crippen LogP contribution in [-0.2, 0) is 19.5 Å². The molecule has 0 bridgehead atoms. The van der Waals surface area contributed by atoms with Crippen LogP contribution in [0.25, 0.3) is 0 Å². The van der Waals surface area contributed by atoms with Crippen molar-refractivity contribution in [2.45, 2.75) is 24.7 Å². The van der Waals surface area contributed by atoms with Gasteiger partial charge in [0, 0.05) is 31.4 Å². The summed E-state index contributed by atoms with van der Waals surface area (Å²) in [6.45, 7) is 2.38. The highest BCUT2D eigenvalue weighted by atomic mass is 32.2. The molecule has 100 valence electrons. The summed E-state index contributed by atoms with van der Waals surface area (Å²) in [5.41, 5.74) is 4.66. The lowest BCUT2D eigenvalue weighted by Gasteiger charge is -2.26. The van der Waals surface area contributed by atoms with Gasteiger partial charge in [0.25, 0.3) is 5.56 Å². The Morgan fingerprint density at radius 3 is 3.21 bits per heavy atom. The molecule has 1 N–H and O–H groups in total. The van der Waals surface area contributed by atoms with E-state index >= 15 is 0 Å². The Hall–Kier alpha value is -1.18. The summed E-state index contributed by atoms with van der Waals surface area (Å²) in [5, 5.41) is 2.76. The number of rotatable bonds is 3. The first-order valence-corrected chi connectivity index (χ1v) is 8.18. The fraction of sp³-hybridized carbons (Fsp3) is 0.417. The minimum absolute atomic E-state index is 0.00247. The van der Waals surface area contributed by atoms with Crippen LogP contribution in [0.1, 0.15) is 17.0 Å². The topological polar surface area (TPSA) is 61.9 Å². The third-order valence-electron chi connectivity index (χ3n) is 3.19. The largest absolute Gasteiger partial charge is 0.301 e. The molecule has 19 heavy (non-hydrogen) atoms. The van der Waals surface area contributed by atoms with Crippen molar-refractivity contribution < 1.29 is 0 Å². The minimum atomic E-state index is -0.00247. The van der Waals surface area contributed by atoms with Crippen molar-refractivity contribution in [2.24, 2.45) is 0 Å². The lowest BCUT2D eigenvalue weighted by molar-refractivity contribution is 0.238. The van der Waals surface area contributed by atoms with Crippen molar-refractivity contribution in [3.63, 3.8) is 0 Å². The number of H-pyrrole nitrogens is 1. The second-order valence-electron chi connectivity index (χ2n) is 4.44. The van der Waals surface area contributed by atoms with E-state index in [9.17, 15) is 4.79 Å². The van der Waals surface area contributed by atoms with E-state index in [1.807, 2.05) is 11.8 Å². The lowest BCUT2D eigenvalue weighted by atomic mass is 10.1. The molecule has 3 heterocycles. The molecule has 2 aromatic heterocycles. The number of thiazole rings is 1. The average molecular weight is 294 g/mol. The molecule has 0 radical (unpaired) electrons. The highest BCUT2D eigenvalue weighted by Crippen LogP contribution is 2.18. The van der Waals surface area contributed by atoms with Crippen LogP contribution in [0.4, 0.5) is 0 Å². The second-order valence-corrected chi connectivity index (χ2v) is 5.95. The third-order valence-corrected chi connectivity index (χ3v) is 4.40. The molecule has 5 nitrogen and oxygen atoms in total. The highest BCUT2D eigenvalue weighted by Gasteiger charge is 2.21. The molecule has 0 amide bonds. The summed E-state index contributed by atoms with van der Waals surface area (Å²) in [7, 11) is 0. The first-order valence-electron chi connectivity index (χ1n) is 6.01. The highest BCUT2D eigenvalue weighted by molar-refractivity contribution is 7.98. The Labute approximate surface area is 119 Å². The molecule has 0 saturated carbocycles. The zero-order valence-corrected chi connectivity index (χ0v) is 12.2. The number of fused-ring (bicyclic) bond motifs is 1. The Balaban J connectivity index is 1.82. The number of nitrogens with one attached hydrogen (secondary N) is 1.